The summed E-state index contributed by atoms with van der Waals surface area (Å²) in [5.41, 5.74) is 2.82. The van der Waals surface area contributed by atoms with Gasteiger partial charge in [-0.2, -0.15) is 9.40 Å². The second-order valence-corrected chi connectivity index (χ2v) is 8.31. The zero-order valence-corrected chi connectivity index (χ0v) is 17.1. The Balaban J connectivity index is 2.27. The van der Waals surface area contributed by atoms with Crippen LogP contribution in [0.1, 0.15) is 23.7 Å². The predicted octanol–water partition coefficient (Wildman–Crippen LogP) is 2.65. The van der Waals surface area contributed by atoms with Gasteiger partial charge in [0.25, 0.3) is 0 Å². The van der Waals surface area contributed by atoms with Crippen molar-refractivity contribution in [1.29, 1.82) is 0 Å². The number of aryl methyl sites for hydroxylation is 4. The summed E-state index contributed by atoms with van der Waals surface area (Å²) in [4.78, 5) is 12.4. The molecule has 0 aliphatic heterocycles. The predicted molar refractivity (Wildman–Crippen MR) is 102 cm³/mol. The number of amides is 1. The number of nitrogens with zero attached hydrogens (tertiary/aromatic N) is 3. The standard InChI is InChI=1S/C17H23ClN4O3S/c1-6-22(26(24,25)16-13(4)20-21(5)17(16)18)10-14(23)19-15-11(2)8-7-9-12(15)3/h7-9H,6,10H2,1-5H3,(H,19,23). The number of halogens is 1. The first-order valence-electron chi connectivity index (χ1n) is 8.14. The molecule has 0 bridgehead atoms. The van der Waals surface area contributed by atoms with Gasteiger partial charge in [-0.15, -0.1) is 0 Å². The SMILES string of the molecule is CCN(CC(=O)Nc1c(C)cccc1C)S(=O)(=O)c1c(C)nn(C)c1Cl. The molecule has 142 valence electrons. The molecule has 2 aromatic rings. The quantitative estimate of drug-likeness (QED) is 0.810. The van der Waals surface area contributed by atoms with Crippen LogP contribution < -0.4 is 5.32 Å². The van der Waals surface area contributed by atoms with E-state index in [9.17, 15) is 13.2 Å². The van der Waals surface area contributed by atoms with Gasteiger partial charge >= 0.3 is 0 Å². The topological polar surface area (TPSA) is 84.3 Å². The van der Waals surface area contributed by atoms with Gasteiger partial charge in [0.2, 0.25) is 15.9 Å². The number of hydrogen-bond acceptors (Lipinski definition) is 4. The molecule has 1 aromatic carbocycles. The van der Waals surface area contributed by atoms with Gasteiger partial charge in [-0.1, -0.05) is 36.7 Å². The Labute approximate surface area is 159 Å². The highest BCUT2D eigenvalue weighted by molar-refractivity contribution is 7.89. The lowest BCUT2D eigenvalue weighted by molar-refractivity contribution is -0.116. The van der Waals surface area contributed by atoms with Gasteiger partial charge in [-0.25, -0.2) is 8.42 Å². The zero-order chi connectivity index (χ0) is 19.6. The van der Waals surface area contributed by atoms with Crippen LogP contribution >= 0.6 is 11.6 Å². The van der Waals surface area contributed by atoms with Crippen LogP contribution in [-0.4, -0.2) is 41.5 Å². The molecule has 0 atom stereocenters. The van der Waals surface area contributed by atoms with Crippen LogP contribution in [0.3, 0.4) is 0 Å². The second kappa shape index (κ2) is 7.77. The van der Waals surface area contributed by atoms with Crippen molar-refractivity contribution >= 4 is 33.2 Å². The maximum atomic E-state index is 12.9. The summed E-state index contributed by atoms with van der Waals surface area (Å²) in [6.07, 6.45) is 0. The highest BCUT2D eigenvalue weighted by Crippen LogP contribution is 2.27. The van der Waals surface area contributed by atoms with Gasteiger partial charge < -0.3 is 5.32 Å². The number of carbonyl (C=O) groups is 1. The lowest BCUT2D eigenvalue weighted by Gasteiger charge is -2.20. The Morgan fingerprint density at radius 2 is 1.85 bits per heavy atom. The van der Waals surface area contributed by atoms with E-state index in [1.807, 2.05) is 32.0 Å². The summed E-state index contributed by atoms with van der Waals surface area (Å²) in [6.45, 7) is 6.84. The van der Waals surface area contributed by atoms with Crippen LogP contribution in [0.15, 0.2) is 23.1 Å². The molecule has 0 unspecified atom stereocenters. The van der Waals surface area contributed by atoms with E-state index in [1.54, 1.807) is 20.9 Å². The van der Waals surface area contributed by atoms with Crippen molar-refractivity contribution in [2.24, 2.45) is 7.05 Å². The monoisotopic (exact) mass is 398 g/mol. The molecular weight excluding hydrogens is 376 g/mol. The van der Waals surface area contributed by atoms with Crippen molar-refractivity contribution in [3.8, 4) is 0 Å². The largest absolute Gasteiger partial charge is 0.324 e. The first-order chi connectivity index (χ1) is 12.1. The molecule has 1 N–H and O–H groups in total. The fourth-order valence-electron chi connectivity index (χ4n) is 2.75. The smallest absolute Gasteiger partial charge is 0.248 e. The molecule has 0 aliphatic carbocycles. The summed E-state index contributed by atoms with van der Waals surface area (Å²) in [5, 5.41) is 6.87. The molecule has 1 heterocycles. The number of benzene rings is 1. The molecule has 0 radical (unpaired) electrons. The van der Waals surface area contributed by atoms with E-state index in [0.717, 1.165) is 15.4 Å². The Morgan fingerprint density at radius 1 is 1.27 bits per heavy atom. The van der Waals surface area contributed by atoms with Crippen LogP contribution in [0.4, 0.5) is 5.69 Å². The average molecular weight is 399 g/mol. The van der Waals surface area contributed by atoms with Crippen LogP contribution in [-0.2, 0) is 21.9 Å². The van der Waals surface area contributed by atoms with Gasteiger partial charge in [-0.05, 0) is 31.9 Å². The third-order valence-corrected chi connectivity index (χ3v) is 6.73. The van der Waals surface area contributed by atoms with Crippen molar-refractivity contribution < 1.29 is 13.2 Å². The van der Waals surface area contributed by atoms with Crippen LogP contribution in [0.5, 0.6) is 0 Å². The molecule has 0 fully saturated rings. The van der Waals surface area contributed by atoms with E-state index >= 15 is 0 Å². The molecule has 0 spiro atoms. The van der Waals surface area contributed by atoms with Crippen molar-refractivity contribution in [3.63, 3.8) is 0 Å². The third-order valence-electron chi connectivity index (χ3n) is 4.12. The number of carbonyl (C=O) groups excluding carboxylic acids is 1. The van der Waals surface area contributed by atoms with Crippen LogP contribution in [0, 0.1) is 20.8 Å². The minimum atomic E-state index is -3.94. The maximum absolute atomic E-state index is 12.9. The van der Waals surface area contributed by atoms with Crippen molar-refractivity contribution in [2.75, 3.05) is 18.4 Å². The van der Waals surface area contributed by atoms with E-state index < -0.39 is 15.9 Å². The van der Waals surface area contributed by atoms with Gasteiger partial charge in [0.15, 0.2) is 0 Å². The number of rotatable bonds is 6. The van der Waals surface area contributed by atoms with E-state index in [0.29, 0.717) is 11.4 Å². The molecule has 26 heavy (non-hydrogen) atoms. The Hall–Kier alpha value is -1.90. The van der Waals surface area contributed by atoms with Crippen molar-refractivity contribution in [3.05, 3.63) is 40.2 Å². The lowest BCUT2D eigenvalue weighted by Crippen LogP contribution is -2.38. The minimum Gasteiger partial charge on any atom is -0.324 e. The number of hydrogen-bond donors (Lipinski definition) is 1. The molecule has 7 nitrogen and oxygen atoms in total. The average Bonchev–Trinajstić information content (AvgIpc) is 2.81. The van der Waals surface area contributed by atoms with E-state index in [1.165, 1.54) is 4.68 Å². The zero-order valence-electron chi connectivity index (χ0n) is 15.5. The molecule has 1 aromatic heterocycles. The van der Waals surface area contributed by atoms with E-state index in [2.05, 4.69) is 10.4 Å². The molecule has 0 saturated carbocycles. The number of nitrogens with one attached hydrogen (secondary N) is 1. The normalized spacial score (nSPS) is 11.8. The fraction of sp³-hybridized carbons (Fsp3) is 0.412. The van der Waals surface area contributed by atoms with Crippen molar-refractivity contribution in [1.82, 2.24) is 14.1 Å². The molecule has 9 heteroatoms. The van der Waals surface area contributed by atoms with Crippen molar-refractivity contribution in [2.45, 2.75) is 32.6 Å². The molecular formula is C17H23ClN4O3S. The number of aromatic nitrogens is 2. The van der Waals surface area contributed by atoms with E-state index in [4.69, 9.17) is 11.6 Å². The fourth-order valence-corrected chi connectivity index (χ4v) is 4.86. The van der Waals surface area contributed by atoms with E-state index in [-0.39, 0.29) is 23.1 Å². The maximum Gasteiger partial charge on any atom is 0.248 e. The highest BCUT2D eigenvalue weighted by atomic mass is 35.5. The van der Waals surface area contributed by atoms with Gasteiger partial charge in [-0.3, -0.25) is 9.48 Å². The number of sulfonamides is 1. The molecule has 2 rings (SSSR count). The number of para-hydroxylation sites is 1. The van der Waals surface area contributed by atoms with Gasteiger partial charge in [0.05, 0.1) is 12.2 Å². The second-order valence-electron chi connectivity index (χ2n) is 6.08. The first-order valence-corrected chi connectivity index (χ1v) is 9.96. The van der Waals surface area contributed by atoms with Crippen LogP contribution in [0.25, 0.3) is 0 Å². The summed E-state index contributed by atoms with van der Waals surface area (Å²) < 4.78 is 28.3. The van der Waals surface area contributed by atoms with Gasteiger partial charge in [0.1, 0.15) is 10.0 Å². The molecule has 0 aliphatic rings. The lowest BCUT2D eigenvalue weighted by atomic mass is 10.1. The Kier molecular flexibility index (Phi) is 6.10. The summed E-state index contributed by atoms with van der Waals surface area (Å²) in [5.74, 6) is -0.412. The summed E-state index contributed by atoms with van der Waals surface area (Å²) in [6, 6.07) is 5.67. The van der Waals surface area contributed by atoms with Gasteiger partial charge in [0, 0.05) is 19.3 Å². The summed E-state index contributed by atoms with van der Waals surface area (Å²) in [7, 11) is -2.37. The van der Waals surface area contributed by atoms with Crippen LogP contribution in [0.2, 0.25) is 5.15 Å². The first kappa shape index (κ1) is 20.4. The minimum absolute atomic E-state index is 0.0242. The number of anilines is 1. The molecule has 0 saturated heterocycles. The highest BCUT2D eigenvalue weighted by Gasteiger charge is 2.32. The number of likely N-dealkylation sites (N-methyl/N-ethyl adjacent to an activating group) is 1. The third kappa shape index (κ3) is 3.92. The summed E-state index contributed by atoms with van der Waals surface area (Å²) >= 11 is 6.10. The Morgan fingerprint density at radius 3 is 2.31 bits per heavy atom. The Bertz CT molecular complexity index is 917. The molecule has 1 amide bonds.